The third-order valence-corrected chi connectivity index (χ3v) is 6.92. The third kappa shape index (κ3) is 3.60. The molecule has 2 aromatic heterocycles. The number of benzene rings is 2. The summed E-state index contributed by atoms with van der Waals surface area (Å²) >= 11 is 1.27. The lowest BCUT2D eigenvalue weighted by Gasteiger charge is -2.27. The van der Waals surface area contributed by atoms with Gasteiger partial charge in [0.25, 0.3) is 5.91 Å². The van der Waals surface area contributed by atoms with Crippen molar-refractivity contribution in [2.24, 2.45) is 0 Å². The van der Waals surface area contributed by atoms with Crippen LogP contribution in [0.25, 0.3) is 10.8 Å². The Morgan fingerprint density at radius 1 is 1.09 bits per heavy atom. The van der Waals surface area contributed by atoms with Crippen LogP contribution >= 0.6 is 11.3 Å². The number of amides is 1. The van der Waals surface area contributed by atoms with Gasteiger partial charge in [-0.1, -0.05) is 48.5 Å². The second kappa shape index (κ2) is 8.26. The molecule has 5 rings (SSSR count). The van der Waals surface area contributed by atoms with Crippen LogP contribution in [0.2, 0.25) is 0 Å². The molecular weight excluding hydrogens is 434 g/mol. The van der Waals surface area contributed by atoms with E-state index < -0.39 is 17.7 Å². The number of thiazole rings is 1. The van der Waals surface area contributed by atoms with E-state index in [1.54, 1.807) is 30.3 Å². The molecule has 1 unspecified atom stereocenters. The molecule has 164 valence electrons. The molecule has 7 heteroatoms. The van der Waals surface area contributed by atoms with Crippen molar-refractivity contribution in [2.45, 2.75) is 26.4 Å². The van der Waals surface area contributed by atoms with Crippen LogP contribution in [0.15, 0.2) is 78.3 Å². The minimum atomic E-state index is -0.738. The van der Waals surface area contributed by atoms with Crippen LogP contribution in [0.1, 0.15) is 37.5 Å². The third-order valence-electron chi connectivity index (χ3n) is 5.85. The largest absolute Gasteiger partial charge is 0.503 e. The Balaban J connectivity index is 1.70. The van der Waals surface area contributed by atoms with E-state index in [2.05, 4.69) is 9.97 Å². The molecule has 4 aromatic rings. The van der Waals surface area contributed by atoms with E-state index in [9.17, 15) is 14.7 Å². The predicted molar refractivity (Wildman–Crippen MR) is 127 cm³/mol. The number of ketones is 1. The maximum atomic E-state index is 13.7. The number of aromatic nitrogens is 2. The number of carbonyl (C=O) groups excluding carboxylic acids is 2. The van der Waals surface area contributed by atoms with Crippen molar-refractivity contribution in [1.29, 1.82) is 0 Å². The summed E-state index contributed by atoms with van der Waals surface area (Å²) < 4.78 is 0. The van der Waals surface area contributed by atoms with Gasteiger partial charge in [-0.2, -0.15) is 0 Å². The fraction of sp³-hybridized carbons (Fsp3) is 0.154. The summed E-state index contributed by atoms with van der Waals surface area (Å²) in [6.07, 6.45) is 3.35. The zero-order valence-corrected chi connectivity index (χ0v) is 19.0. The summed E-state index contributed by atoms with van der Waals surface area (Å²) in [5.41, 5.74) is 2.28. The number of aryl methyl sites for hydroxylation is 2. The van der Waals surface area contributed by atoms with Crippen molar-refractivity contribution in [2.75, 3.05) is 0 Å². The Labute approximate surface area is 194 Å². The number of Topliss-reactive ketones (excluding diaryl/α,β-unsaturated/α-hetero) is 1. The minimum absolute atomic E-state index is 0.0898. The predicted octanol–water partition coefficient (Wildman–Crippen LogP) is 5.09. The van der Waals surface area contributed by atoms with Gasteiger partial charge in [0, 0.05) is 18.9 Å². The van der Waals surface area contributed by atoms with Gasteiger partial charge in [-0.3, -0.25) is 14.6 Å². The highest BCUT2D eigenvalue weighted by atomic mass is 32.1. The van der Waals surface area contributed by atoms with Crippen molar-refractivity contribution in [3.05, 3.63) is 105 Å². The van der Waals surface area contributed by atoms with Crippen LogP contribution in [0.4, 0.5) is 0 Å². The smallest absolute Gasteiger partial charge is 0.290 e. The summed E-state index contributed by atoms with van der Waals surface area (Å²) in [4.78, 5) is 37.5. The lowest BCUT2D eigenvalue weighted by atomic mass is 9.91. The molecule has 1 atom stereocenters. The summed E-state index contributed by atoms with van der Waals surface area (Å²) in [5, 5.41) is 13.6. The van der Waals surface area contributed by atoms with Gasteiger partial charge in [0.15, 0.2) is 5.76 Å². The fourth-order valence-electron chi connectivity index (χ4n) is 4.41. The Morgan fingerprint density at radius 3 is 2.61 bits per heavy atom. The second-order valence-corrected chi connectivity index (χ2v) is 9.21. The highest BCUT2D eigenvalue weighted by Gasteiger charge is 2.45. The minimum Gasteiger partial charge on any atom is -0.503 e. The van der Waals surface area contributed by atoms with E-state index in [0.29, 0.717) is 10.6 Å². The Morgan fingerprint density at radius 2 is 1.88 bits per heavy atom. The first-order valence-electron chi connectivity index (χ1n) is 10.5. The van der Waals surface area contributed by atoms with E-state index in [1.807, 2.05) is 55.5 Å². The molecule has 6 nitrogen and oxygen atoms in total. The molecule has 0 fully saturated rings. The maximum Gasteiger partial charge on any atom is 0.290 e. The van der Waals surface area contributed by atoms with Crippen molar-refractivity contribution >= 4 is 33.8 Å². The molecule has 0 aliphatic carbocycles. The number of hydrogen-bond acceptors (Lipinski definition) is 6. The van der Waals surface area contributed by atoms with Crippen LogP contribution in [0.3, 0.4) is 0 Å². The zero-order chi connectivity index (χ0) is 23.1. The van der Waals surface area contributed by atoms with Crippen molar-refractivity contribution in [1.82, 2.24) is 14.9 Å². The molecule has 0 bridgehead atoms. The molecule has 0 spiro atoms. The highest BCUT2D eigenvalue weighted by molar-refractivity contribution is 7.14. The summed E-state index contributed by atoms with van der Waals surface area (Å²) in [6.45, 7) is 3.81. The van der Waals surface area contributed by atoms with Gasteiger partial charge in [0.05, 0.1) is 27.2 Å². The monoisotopic (exact) mass is 455 g/mol. The van der Waals surface area contributed by atoms with Gasteiger partial charge < -0.3 is 10.0 Å². The number of hydrogen-bond donors (Lipinski definition) is 1. The number of aliphatic hydroxyl groups excluding tert-OH is 1. The molecule has 1 amide bonds. The standard InChI is InChI=1S/C26H21N3O3S/c1-15-25(33-16(2)28-15)23(30)21-22(20-11-5-9-18-8-3-4-10-19(18)20)29(26(32)24(21)31)14-17-7-6-12-27-13-17/h3-13,22,31H,14H2,1-2H3. The summed E-state index contributed by atoms with van der Waals surface area (Å²) in [7, 11) is 0. The van der Waals surface area contributed by atoms with Gasteiger partial charge in [-0.15, -0.1) is 11.3 Å². The van der Waals surface area contributed by atoms with E-state index in [1.165, 1.54) is 11.3 Å². The summed E-state index contributed by atoms with van der Waals surface area (Å²) in [5.74, 6) is -1.44. The molecule has 0 saturated carbocycles. The molecule has 33 heavy (non-hydrogen) atoms. The molecule has 1 aliphatic rings. The first-order chi connectivity index (χ1) is 16.0. The van der Waals surface area contributed by atoms with Crippen LogP contribution in [0, 0.1) is 13.8 Å². The summed E-state index contributed by atoms with van der Waals surface area (Å²) in [6, 6.07) is 16.6. The van der Waals surface area contributed by atoms with E-state index >= 15 is 0 Å². The number of nitrogens with zero attached hydrogens (tertiary/aromatic N) is 3. The van der Waals surface area contributed by atoms with E-state index in [4.69, 9.17) is 0 Å². The maximum absolute atomic E-state index is 13.7. The van der Waals surface area contributed by atoms with Crippen molar-refractivity contribution < 1.29 is 14.7 Å². The second-order valence-electron chi connectivity index (χ2n) is 8.00. The molecular formula is C26H21N3O3S. The van der Waals surface area contributed by atoms with Crippen LogP contribution in [-0.2, 0) is 11.3 Å². The lowest BCUT2D eigenvalue weighted by molar-refractivity contribution is -0.130. The number of aliphatic hydroxyl groups is 1. The van der Waals surface area contributed by atoms with E-state index in [0.717, 1.165) is 26.9 Å². The Bertz CT molecular complexity index is 1420. The molecule has 1 N–H and O–H groups in total. The average Bonchev–Trinajstić information content (AvgIpc) is 3.29. The van der Waals surface area contributed by atoms with Gasteiger partial charge in [0.2, 0.25) is 5.78 Å². The molecule has 0 radical (unpaired) electrons. The quantitative estimate of drug-likeness (QED) is 0.424. The first-order valence-corrected chi connectivity index (χ1v) is 11.4. The number of rotatable bonds is 5. The number of pyridine rings is 1. The van der Waals surface area contributed by atoms with Gasteiger partial charge in [-0.05, 0) is 41.8 Å². The zero-order valence-electron chi connectivity index (χ0n) is 18.1. The normalized spacial score (nSPS) is 16.1. The fourth-order valence-corrected chi connectivity index (χ4v) is 5.29. The highest BCUT2D eigenvalue weighted by Crippen LogP contribution is 2.43. The molecule has 0 saturated heterocycles. The van der Waals surface area contributed by atoms with Crippen molar-refractivity contribution in [3.63, 3.8) is 0 Å². The topological polar surface area (TPSA) is 83.4 Å². The van der Waals surface area contributed by atoms with E-state index in [-0.39, 0.29) is 17.9 Å². The first kappa shape index (κ1) is 21.0. The average molecular weight is 456 g/mol. The van der Waals surface area contributed by atoms with Gasteiger partial charge in [-0.25, -0.2) is 4.98 Å². The SMILES string of the molecule is Cc1nc(C)c(C(=O)C2=C(O)C(=O)N(Cc3cccnc3)C2c2cccc3ccccc23)s1. The molecule has 1 aliphatic heterocycles. The lowest BCUT2D eigenvalue weighted by Crippen LogP contribution is -2.30. The van der Waals surface area contributed by atoms with Crippen molar-refractivity contribution in [3.8, 4) is 0 Å². The molecule has 2 aromatic carbocycles. The van der Waals surface area contributed by atoms with Crippen LogP contribution in [-0.4, -0.2) is 31.7 Å². The molecule has 3 heterocycles. The van der Waals surface area contributed by atoms with Crippen LogP contribution < -0.4 is 0 Å². The number of carbonyl (C=O) groups is 2. The van der Waals surface area contributed by atoms with Crippen LogP contribution in [0.5, 0.6) is 0 Å². The number of fused-ring (bicyclic) bond motifs is 1. The Kier molecular flexibility index (Phi) is 5.26. The Hall–Kier alpha value is -3.84. The van der Waals surface area contributed by atoms with Gasteiger partial charge >= 0.3 is 0 Å². The van der Waals surface area contributed by atoms with Gasteiger partial charge in [0.1, 0.15) is 0 Å².